The van der Waals surface area contributed by atoms with E-state index in [1.807, 2.05) is 6.92 Å². The molecule has 0 spiro atoms. The SMILES string of the molecule is CC1(Nc2nc(Nc3ccnc(C(F)(F)F)c3)nc(-c3cccc(C(F)(F)F)n3)n2)COC1.[HH].[HH]. The van der Waals surface area contributed by atoms with Gasteiger partial charge in [-0.15, -0.1) is 0 Å². The van der Waals surface area contributed by atoms with E-state index in [9.17, 15) is 26.3 Å². The van der Waals surface area contributed by atoms with E-state index in [4.69, 9.17) is 4.74 Å². The van der Waals surface area contributed by atoms with Gasteiger partial charge >= 0.3 is 12.4 Å². The van der Waals surface area contributed by atoms with Gasteiger partial charge in [0.2, 0.25) is 11.9 Å². The number of anilines is 3. The average molecular weight is 475 g/mol. The lowest BCUT2D eigenvalue weighted by Crippen LogP contribution is -2.53. The molecule has 178 valence electrons. The van der Waals surface area contributed by atoms with E-state index in [0.717, 1.165) is 24.4 Å². The minimum absolute atomic E-state index is 0. The molecule has 0 amide bonds. The van der Waals surface area contributed by atoms with Gasteiger partial charge in [-0.1, -0.05) is 6.07 Å². The second-order valence-electron chi connectivity index (χ2n) is 7.44. The summed E-state index contributed by atoms with van der Waals surface area (Å²) >= 11 is 0. The van der Waals surface area contributed by atoms with Gasteiger partial charge in [-0.25, -0.2) is 4.98 Å². The summed E-state index contributed by atoms with van der Waals surface area (Å²) in [5.41, 5.74) is -3.04. The molecule has 3 aromatic heterocycles. The first-order valence-corrected chi connectivity index (χ1v) is 9.38. The van der Waals surface area contributed by atoms with Crippen LogP contribution in [0.2, 0.25) is 0 Å². The summed E-state index contributed by atoms with van der Waals surface area (Å²) in [7, 11) is 0. The molecule has 1 aliphatic heterocycles. The Morgan fingerprint density at radius 2 is 1.61 bits per heavy atom. The maximum atomic E-state index is 13.1. The van der Waals surface area contributed by atoms with Crippen LogP contribution in [0.4, 0.5) is 43.9 Å². The molecule has 0 saturated carbocycles. The molecule has 3 aromatic rings. The summed E-state index contributed by atoms with van der Waals surface area (Å²) in [4.78, 5) is 19.2. The highest BCUT2D eigenvalue weighted by molar-refractivity contribution is 5.59. The van der Waals surface area contributed by atoms with Crippen LogP contribution >= 0.6 is 0 Å². The van der Waals surface area contributed by atoms with Crippen LogP contribution in [0.25, 0.3) is 11.5 Å². The fourth-order valence-electron chi connectivity index (χ4n) is 2.86. The highest BCUT2D eigenvalue weighted by atomic mass is 19.4. The van der Waals surface area contributed by atoms with Gasteiger partial charge in [0.1, 0.15) is 17.1 Å². The van der Waals surface area contributed by atoms with E-state index < -0.39 is 29.3 Å². The number of hydrogen-bond acceptors (Lipinski definition) is 8. The van der Waals surface area contributed by atoms with Crippen LogP contribution in [0, 0.1) is 0 Å². The second-order valence-corrected chi connectivity index (χ2v) is 7.44. The normalized spacial score (nSPS) is 15.6. The molecule has 33 heavy (non-hydrogen) atoms. The molecule has 14 heteroatoms. The Morgan fingerprint density at radius 1 is 0.909 bits per heavy atom. The Hall–Kier alpha value is -3.55. The number of ether oxygens (including phenoxy) is 1. The average Bonchev–Trinajstić information content (AvgIpc) is 2.71. The quantitative estimate of drug-likeness (QED) is 0.508. The molecule has 2 N–H and O–H groups in total. The predicted octanol–water partition coefficient (Wildman–Crippen LogP) is 4.80. The highest BCUT2D eigenvalue weighted by Gasteiger charge is 2.35. The monoisotopic (exact) mass is 475 g/mol. The molecular formula is C19H19F6N7O. The van der Waals surface area contributed by atoms with Gasteiger partial charge in [0.05, 0.1) is 18.8 Å². The third-order valence-corrected chi connectivity index (χ3v) is 4.47. The zero-order valence-electron chi connectivity index (χ0n) is 16.8. The number of alkyl halides is 6. The van der Waals surface area contributed by atoms with Crippen molar-refractivity contribution in [3.63, 3.8) is 0 Å². The lowest BCUT2D eigenvalue weighted by molar-refractivity contribution is -0.141. The first-order valence-electron chi connectivity index (χ1n) is 9.38. The van der Waals surface area contributed by atoms with Crippen molar-refractivity contribution >= 4 is 17.6 Å². The first kappa shape index (κ1) is 22.6. The topological polar surface area (TPSA) is 97.7 Å². The summed E-state index contributed by atoms with van der Waals surface area (Å²) in [6.07, 6.45) is -8.41. The summed E-state index contributed by atoms with van der Waals surface area (Å²) in [5.74, 6) is -0.433. The summed E-state index contributed by atoms with van der Waals surface area (Å²) < 4.78 is 83.3. The summed E-state index contributed by atoms with van der Waals surface area (Å²) in [5, 5.41) is 5.61. The molecule has 0 aromatic carbocycles. The van der Waals surface area contributed by atoms with Crippen LogP contribution in [-0.4, -0.2) is 43.7 Å². The maximum Gasteiger partial charge on any atom is 0.433 e. The van der Waals surface area contributed by atoms with Crippen molar-refractivity contribution < 1.29 is 33.9 Å². The van der Waals surface area contributed by atoms with E-state index in [-0.39, 0.29) is 32.0 Å². The third-order valence-electron chi connectivity index (χ3n) is 4.47. The summed E-state index contributed by atoms with van der Waals surface area (Å²) in [6, 6.07) is 5.23. The van der Waals surface area contributed by atoms with E-state index in [0.29, 0.717) is 13.2 Å². The zero-order chi connectivity index (χ0) is 23.9. The van der Waals surface area contributed by atoms with Crippen molar-refractivity contribution in [2.75, 3.05) is 23.8 Å². The van der Waals surface area contributed by atoms with Crippen LogP contribution in [0.5, 0.6) is 0 Å². The molecule has 0 bridgehead atoms. The molecule has 1 aliphatic rings. The lowest BCUT2D eigenvalue weighted by Gasteiger charge is -2.38. The fourth-order valence-corrected chi connectivity index (χ4v) is 2.86. The van der Waals surface area contributed by atoms with Crippen LogP contribution < -0.4 is 10.6 Å². The Morgan fingerprint density at radius 3 is 2.24 bits per heavy atom. The van der Waals surface area contributed by atoms with Gasteiger partial charge in [-0.05, 0) is 31.2 Å². The predicted molar refractivity (Wildman–Crippen MR) is 108 cm³/mol. The van der Waals surface area contributed by atoms with E-state index in [1.54, 1.807) is 0 Å². The minimum atomic E-state index is -4.69. The number of nitrogens with one attached hydrogen (secondary N) is 2. The highest BCUT2D eigenvalue weighted by Crippen LogP contribution is 2.31. The maximum absolute atomic E-state index is 13.1. The Balaban J connectivity index is 0.00000216. The van der Waals surface area contributed by atoms with Crippen LogP contribution in [0.1, 0.15) is 21.2 Å². The van der Waals surface area contributed by atoms with Crippen molar-refractivity contribution in [1.29, 1.82) is 0 Å². The smallest absolute Gasteiger partial charge is 0.376 e. The van der Waals surface area contributed by atoms with Gasteiger partial charge in [0.15, 0.2) is 5.82 Å². The molecular weight excluding hydrogens is 456 g/mol. The van der Waals surface area contributed by atoms with Gasteiger partial charge in [-0.3, -0.25) is 4.98 Å². The number of pyridine rings is 2. The second kappa shape index (κ2) is 8.10. The molecule has 0 radical (unpaired) electrons. The summed E-state index contributed by atoms with van der Waals surface area (Å²) in [6.45, 7) is 2.48. The first-order chi connectivity index (χ1) is 15.4. The number of aromatic nitrogens is 5. The number of halogens is 6. The van der Waals surface area contributed by atoms with Gasteiger partial charge < -0.3 is 15.4 Å². The largest absolute Gasteiger partial charge is 0.433 e. The van der Waals surface area contributed by atoms with Crippen LogP contribution in [0.3, 0.4) is 0 Å². The third kappa shape index (κ3) is 5.27. The molecule has 0 atom stereocenters. The molecule has 4 rings (SSSR count). The Kier molecular flexibility index (Phi) is 5.56. The number of rotatable bonds is 5. The van der Waals surface area contributed by atoms with Crippen molar-refractivity contribution in [2.24, 2.45) is 0 Å². The van der Waals surface area contributed by atoms with E-state index in [1.165, 1.54) is 12.1 Å². The van der Waals surface area contributed by atoms with Crippen LogP contribution in [-0.2, 0) is 17.1 Å². The number of nitrogens with zero attached hydrogens (tertiary/aromatic N) is 5. The van der Waals surface area contributed by atoms with Crippen molar-refractivity contribution in [3.8, 4) is 11.5 Å². The van der Waals surface area contributed by atoms with Crippen molar-refractivity contribution in [2.45, 2.75) is 24.8 Å². The lowest BCUT2D eigenvalue weighted by atomic mass is 10.0. The Labute approximate surface area is 185 Å². The van der Waals surface area contributed by atoms with Crippen molar-refractivity contribution in [1.82, 2.24) is 24.9 Å². The standard InChI is InChI=1S/C19H15F6N7O.2H2/c1-17(8-33-9-17)32-16-30-14(11-3-2-4-12(28-11)18(20,21)22)29-15(31-16)27-10-5-6-26-13(7-10)19(23,24)25;;/h2-7H,8-9H2,1H3,(H2,26,27,29,30,31,32);2*1H. The van der Waals surface area contributed by atoms with E-state index in [2.05, 4.69) is 35.6 Å². The molecule has 8 nitrogen and oxygen atoms in total. The molecule has 4 heterocycles. The molecule has 0 unspecified atom stereocenters. The number of hydrogen-bond donors (Lipinski definition) is 2. The minimum Gasteiger partial charge on any atom is -0.376 e. The molecule has 1 fully saturated rings. The van der Waals surface area contributed by atoms with Gasteiger partial charge in [0.25, 0.3) is 0 Å². The zero-order valence-corrected chi connectivity index (χ0v) is 16.8. The molecule has 0 aliphatic carbocycles. The van der Waals surface area contributed by atoms with Crippen molar-refractivity contribution in [3.05, 3.63) is 47.9 Å². The van der Waals surface area contributed by atoms with E-state index >= 15 is 0 Å². The Bertz CT molecular complexity index is 1170. The fraction of sp³-hybridized carbons (Fsp3) is 0.316. The molecule has 1 saturated heterocycles. The van der Waals surface area contributed by atoms with Gasteiger partial charge in [-0.2, -0.15) is 41.3 Å². The van der Waals surface area contributed by atoms with Crippen LogP contribution in [0.15, 0.2) is 36.5 Å². The van der Waals surface area contributed by atoms with Gasteiger partial charge in [0, 0.05) is 14.7 Å².